The van der Waals surface area contributed by atoms with Crippen LogP contribution in [0, 0.1) is 0 Å². The van der Waals surface area contributed by atoms with E-state index in [1.807, 2.05) is 0 Å². The molecule has 0 fully saturated rings. The van der Waals surface area contributed by atoms with Crippen molar-refractivity contribution in [3.05, 3.63) is 53.7 Å². The van der Waals surface area contributed by atoms with Gasteiger partial charge in [0.25, 0.3) is 5.91 Å². The number of benzene rings is 1. The van der Waals surface area contributed by atoms with Crippen LogP contribution >= 0.6 is 0 Å². The molecule has 2 rings (SSSR count). The third-order valence-electron chi connectivity index (χ3n) is 2.39. The first kappa shape index (κ1) is 11.9. The number of hydrogen-bond donors (Lipinski definition) is 2. The molecule has 0 bridgehead atoms. The summed E-state index contributed by atoms with van der Waals surface area (Å²) in [5.74, 6) is 0.375. The second-order valence-electron chi connectivity index (χ2n) is 3.74. The zero-order valence-electron chi connectivity index (χ0n) is 9.67. The maximum absolute atomic E-state index is 11.2. The van der Waals surface area contributed by atoms with E-state index in [-0.39, 0.29) is 0 Å². The molecule has 5 nitrogen and oxygen atoms in total. The Hall–Kier alpha value is -2.56. The Bertz CT molecular complexity index is 570. The first-order chi connectivity index (χ1) is 8.66. The van der Waals surface area contributed by atoms with Crippen LogP contribution in [-0.2, 0) is 6.61 Å². The van der Waals surface area contributed by atoms with Gasteiger partial charge < -0.3 is 16.2 Å². The van der Waals surface area contributed by atoms with Gasteiger partial charge in [0.1, 0.15) is 18.2 Å². The molecule has 0 unspecified atom stereocenters. The van der Waals surface area contributed by atoms with Crippen molar-refractivity contribution in [3.8, 4) is 5.75 Å². The van der Waals surface area contributed by atoms with Crippen molar-refractivity contribution in [1.29, 1.82) is 0 Å². The molecular weight excluding hydrogens is 230 g/mol. The minimum absolute atomic E-state index is 0.303. The summed E-state index contributed by atoms with van der Waals surface area (Å²) in [5.41, 5.74) is 12.1. The predicted octanol–water partition coefficient (Wildman–Crippen LogP) is 1.34. The number of pyridine rings is 1. The highest BCUT2D eigenvalue weighted by molar-refractivity contribution is 5.95. The quantitative estimate of drug-likeness (QED) is 0.847. The molecule has 1 aromatic heterocycles. The number of carbonyl (C=O) groups excluding carboxylic acids is 1. The van der Waals surface area contributed by atoms with Gasteiger partial charge >= 0.3 is 0 Å². The highest BCUT2D eigenvalue weighted by atomic mass is 16.5. The Balaban J connectivity index is 2.13. The number of para-hydroxylation sites is 1. The van der Waals surface area contributed by atoms with E-state index in [2.05, 4.69) is 4.98 Å². The second kappa shape index (κ2) is 5.18. The van der Waals surface area contributed by atoms with Gasteiger partial charge in [-0.1, -0.05) is 12.1 Å². The van der Waals surface area contributed by atoms with Crippen LogP contribution in [0.2, 0.25) is 0 Å². The van der Waals surface area contributed by atoms with Gasteiger partial charge in [0.15, 0.2) is 0 Å². The minimum Gasteiger partial charge on any atom is -0.488 e. The number of nitrogen functional groups attached to an aromatic ring is 1. The van der Waals surface area contributed by atoms with Crippen LogP contribution in [0.25, 0.3) is 0 Å². The summed E-state index contributed by atoms with van der Waals surface area (Å²) >= 11 is 0. The number of nitrogens with two attached hydrogens (primary N) is 2. The maximum atomic E-state index is 11.2. The largest absolute Gasteiger partial charge is 0.488 e. The fourth-order valence-corrected chi connectivity index (χ4v) is 1.54. The predicted molar refractivity (Wildman–Crippen MR) is 67.9 cm³/mol. The number of ether oxygens (including phenoxy) is 1. The van der Waals surface area contributed by atoms with Crippen LogP contribution in [0.15, 0.2) is 42.6 Å². The van der Waals surface area contributed by atoms with E-state index in [4.69, 9.17) is 16.2 Å². The lowest BCUT2D eigenvalue weighted by molar-refractivity contribution is 0.0996. The van der Waals surface area contributed by atoms with Crippen LogP contribution in [0.1, 0.15) is 15.9 Å². The first-order valence-corrected chi connectivity index (χ1v) is 5.39. The van der Waals surface area contributed by atoms with Gasteiger partial charge in [-0.05, 0) is 29.8 Å². The van der Waals surface area contributed by atoms with Crippen LogP contribution in [0.3, 0.4) is 0 Å². The molecular formula is C13H13N3O2. The smallest absolute Gasteiger partial charge is 0.252 e. The van der Waals surface area contributed by atoms with E-state index in [0.29, 0.717) is 23.7 Å². The van der Waals surface area contributed by atoms with E-state index in [1.165, 1.54) is 0 Å². The minimum atomic E-state index is -0.514. The van der Waals surface area contributed by atoms with Crippen molar-refractivity contribution in [1.82, 2.24) is 4.98 Å². The number of primary amides is 1. The monoisotopic (exact) mass is 243 g/mol. The first-order valence-electron chi connectivity index (χ1n) is 5.39. The average Bonchev–Trinajstić information content (AvgIpc) is 2.37. The maximum Gasteiger partial charge on any atom is 0.252 e. The second-order valence-corrected chi connectivity index (χ2v) is 3.74. The highest BCUT2D eigenvalue weighted by Gasteiger charge is 2.08. The van der Waals surface area contributed by atoms with Crippen LogP contribution in [-0.4, -0.2) is 10.9 Å². The summed E-state index contributed by atoms with van der Waals surface area (Å²) in [4.78, 5) is 15.1. The van der Waals surface area contributed by atoms with Gasteiger partial charge in [-0.25, -0.2) is 4.98 Å². The van der Waals surface area contributed by atoms with Gasteiger partial charge in [-0.2, -0.15) is 0 Å². The zero-order valence-corrected chi connectivity index (χ0v) is 9.67. The van der Waals surface area contributed by atoms with Crippen molar-refractivity contribution in [2.75, 3.05) is 5.73 Å². The number of hydrogen-bond acceptors (Lipinski definition) is 4. The summed E-state index contributed by atoms with van der Waals surface area (Å²) < 4.78 is 5.56. The zero-order chi connectivity index (χ0) is 13.0. The normalized spacial score (nSPS) is 10.0. The molecule has 0 aliphatic carbocycles. The lowest BCUT2D eigenvalue weighted by Crippen LogP contribution is -2.12. The molecule has 1 amide bonds. The van der Waals surface area contributed by atoms with Crippen molar-refractivity contribution in [2.24, 2.45) is 5.73 Å². The molecule has 0 saturated carbocycles. The van der Waals surface area contributed by atoms with Crippen molar-refractivity contribution in [2.45, 2.75) is 6.61 Å². The van der Waals surface area contributed by atoms with Gasteiger partial charge in [0, 0.05) is 6.20 Å². The summed E-state index contributed by atoms with van der Waals surface area (Å²) in [6.07, 6.45) is 1.61. The Morgan fingerprint density at radius 3 is 2.78 bits per heavy atom. The van der Waals surface area contributed by atoms with Gasteiger partial charge in [0.05, 0.1) is 5.56 Å². The number of rotatable bonds is 4. The summed E-state index contributed by atoms with van der Waals surface area (Å²) in [6, 6.07) is 10.3. The Morgan fingerprint density at radius 1 is 1.28 bits per heavy atom. The SMILES string of the molecule is NC(=O)c1ccccc1OCc1ccnc(N)c1. The molecule has 92 valence electrons. The molecule has 0 aliphatic heterocycles. The number of anilines is 1. The van der Waals surface area contributed by atoms with E-state index in [9.17, 15) is 4.79 Å². The summed E-state index contributed by atoms with van der Waals surface area (Å²) in [5, 5.41) is 0. The van der Waals surface area contributed by atoms with E-state index >= 15 is 0 Å². The Morgan fingerprint density at radius 2 is 2.06 bits per heavy atom. The molecule has 0 radical (unpaired) electrons. The number of carbonyl (C=O) groups is 1. The molecule has 0 spiro atoms. The molecule has 1 heterocycles. The van der Waals surface area contributed by atoms with E-state index in [0.717, 1.165) is 5.56 Å². The fraction of sp³-hybridized carbons (Fsp3) is 0.0769. The van der Waals surface area contributed by atoms with Crippen LogP contribution < -0.4 is 16.2 Å². The third kappa shape index (κ3) is 2.76. The molecule has 1 aromatic carbocycles. The van der Waals surface area contributed by atoms with E-state index in [1.54, 1.807) is 42.6 Å². The van der Waals surface area contributed by atoms with Crippen LogP contribution in [0.4, 0.5) is 5.82 Å². The lowest BCUT2D eigenvalue weighted by atomic mass is 10.2. The van der Waals surface area contributed by atoms with E-state index < -0.39 is 5.91 Å². The number of aromatic nitrogens is 1. The number of nitrogens with zero attached hydrogens (tertiary/aromatic N) is 1. The van der Waals surface area contributed by atoms with Crippen molar-refractivity contribution >= 4 is 11.7 Å². The summed E-state index contributed by atoms with van der Waals surface area (Å²) in [6.45, 7) is 0.303. The molecule has 0 aliphatic rings. The van der Waals surface area contributed by atoms with Gasteiger partial charge in [-0.15, -0.1) is 0 Å². The topological polar surface area (TPSA) is 91.2 Å². The Kier molecular flexibility index (Phi) is 3.43. The Labute approximate surface area is 104 Å². The fourth-order valence-electron chi connectivity index (χ4n) is 1.54. The molecule has 0 saturated heterocycles. The molecule has 0 atom stereocenters. The van der Waals surface area contributed by atoms with Crippen molar-refractivity contribution in [3.63, 3.8) is 0 Å². The molecule has 18 heavy (non-hydrogen) atoms. The molecule has 2 aromatic rings. The standard InChI is InChI=1S/C13H13N3O2/c14-12-7-9(5-6-16-12)8-18-11-4-2-1-3-10(11)13(15)17/h1-7H,8H2,(H2,14,16)(H2,15,17). The highest BCUT2D eigenvalue weighted by Crippen LogP contribution is 2.18. The third-order valence-corrected chi connectivity index (χ3v) is 2.39. The van der Waals surface area contributed by atoms with Crippen LogP contribution in [0.5, 0.6) is 5.75 Å². The van der Waals surface area contributed by atoms with Crippen molar-refractivity contribution < 1.29 is 9.53 Å². The summed E-state index contributed by atoms with van der Waals surface area (Å²) in [7, 11) is 0. The average molecular weight is 243 g/mol. The lowest BCUT2D eigenvalue weighted by Gasteiger charge is -2.09. The number of amides is 1. The van der Waals surface area contributed by atoms with Gasteiger partial charge in [0.2, 0.25) is 0 Å². The van der Waals surface area contributed by atoms with Gasteiger partial charge in [-0.3, -0.25) is 4.79 Å². The molecule has 4 N–H and O–H groups in total. The molecule has 5 heteroatoms.